The molecule has 37 heavy (non-hydrogen) atoms. The van der Waals surface area contributed by atoms with Crippen LogP contribution in [0.1, 0.15) is 23.7 Å². The van der Waals surface area contributed by atoms with Gasteiger partial charge >= 0.3 is 0 Å². The fourth-order valence-electron chi connectivity index (χ4n) is 5.07. The van der Waals surface area contributed by atoms with Crippen molar-refractivity contribution in [2.75, 3.05) is 13.2 Å². The highest BCUT2D eigenvalue weighted by Crippen LogP contribution is 2.37. The molecule has 4 aliphatic heterocycles. The minimum Gasteiger partial charge on any atom is -0.387 e. The quantitative estimate of drug-likeness (QED) is 0.438. The maximum atomic E-state index is 10.8. The molecule has 12 atom stereocenters. The van der Waals surface area contributed by atoms with Crippen molar-refractivity contribution in [1.82, 2.24) is 0 Å². The second-order valence-corrected chi connectivity index (χ2v) is 9.54. The fourth-order valence-corrected chi connectivity index (χ4v) is 5.07. The average Bonchev–Trinajstić information content (AvgIpc) is 2.95. The monoisotopic (exact) mass is 518 g/mol. The van der Waals surface area contributed by atoms with Crippen molar-refractivity contribution in [3.8, 4) is 0 Å². The predicted octanol–water partition coefficient (Wildman–Crippen LogP) is 0.125. The van der Waals surface area contributed by atoms with Gasteiger partial charge in [0.1, 0.15) is 48.8 Å². The molecule has 11 nitrogen and oxygen atoms in total. The third-order valence-corrected chi connectivity index (χ3v) is 7.08. The molecule has 0 amide bonds. The first-order chi connectivity index (χ1) is 18.0. The number of ether oxygens (including phenoxy) is 7. The molecule has 0 aromatic heterocycles. The van der Waals surface area contributed by atoms with Gasteiger partial charge in [0.05, 0.1) is 13.2 Å². The molecular formula is C26H30O11. The Morgan fingerprint density at radius 3 is 1.35 bits per heavy atom. The van der Waals surface area contributed by atoms with Crippen molar-refractivity contribution in [3.63, 3.8) is 0 Å². The predicted molar refractivity (Wildman–Crippen MR) is 122 cm³/mol. The maximum Gasteiger partial charge on any atom is 0.189 e. The Labute approximate surface area is 213 Å². The number of aliphatic hydroxyl groups excluding tert-OH is 4. The number of benzene rings is 2. The number of aliphatic hydroxyl groups is 4. The lowest BCUT2D eigenvalue weighted by Gasteiger charge is -2.49. The van der Waals surface area contributed by atoms with E-state index in [2.05, 4.69) is 0 Å². The minimum atomic E-state index is -1.51. The van der Waals surface area contributed by atoms with Gasteiger partial charge in [-0.15, -0.1) is 0 Å². The summed E-state index contributed by atoms with van der Waals surface area (Å²) in [6.07, 6.45) is -13.1. The van der Waals surface area contributed by atoms with E-state index < -0.39 is 74.0 Å². The smallest absolute Gasteiger partial charge is 0.189 e. The molecule has 11 unspecified atom stereocenters. The highest BCUT2D eigenvalue weighted by molar-refractivity contribution is 5.17. The molecule has 11 heteroatoms. The van der Waals surface area contributed by atoms with Crippen LogP contribution in [0.15, 0.2) is 60.7 Å². The average molecular weight is 519 g/mol. The molecule has 4 fully saturated rings. The van der Waals surface area contributed by atoms with E-state index in [-0.39, 0.29) is 13.2 Å². The summed E-state index contributed by atoms with van der Waals surface area (Å²) in [5.41, 5.74) is 1.55. The van der Waals surface area contributed by atoms with Crippen LogP contribution in [0.3, 0.4) is 0 Å². The third-order valence-electron chi connectivity index (χ3n) is 7.08. The molecule has 2 aromatic carbocycles. The van der Waals surface area contributed by atoms with Crippen LogP contribution >= 0.6 is 0 Å². The number of fused-ring (bicyclic) bond motifs is 2. The van der Waals surface area contributed by atoms with Gasteiger partial charge in [0.2, 0.25) is 0 Å². The van der Waals surface area contributed by atoms with Gasteiger partial charge in [-0.1, -0.05) is 60.7 Å². The molecule has 0 radical (unpaired) electrons. The van der Waals surface area contributed by atoms with Gasteiger partial charge in [-0.2, -0.15) is 0 Å². The van der Waals surface area contributed by atoms with E-state index in [0.717, 1.165) is 11.1 Å². The SMILES string of the molecule is OC1C(O[C@@H]2OC3COC(c4ccccc4)OC3C(O)C2O)OC2COC(c3ccccc3)OC2C1O. The van der Waals surface area contributed by atoms with Gasteiger partial charge in [-0.05, 0) is 0 Å². The van der Waals surface area contributed by atoms with Gasteiger partial charge in [0.25, 0.3) is 0 Å². The van der Waals surface area contributed by atoms with Crippen LogP contribution in [-0.2, 0) is 33.2 Å². The van der Waals surface area contributed by atoms with Gasteiger partial charge in [0.15, 0.2) is 25.2 Å². The Morgan fingerprint density at radius 1 is 0.541 bits per heavy atom. The largest absolute Gasteiger partial charge is 0.387 e. The standard InChI is InChI=1S/C26H30O11/c27-17-19(29)25(33-15-11-31-23(35-21(15)17)13-7-3-1-4-8-13)37-26-20(30)18(28)22-16(34-26)12-32-24(36-22)14-9-5-2-6-10-14/h1-10,15-30H,11-12H2/t15?,16?,17?,18?,19?,20?,21?,22?,23?,24?,25-,26?/m0/s1. The van der Waals surface area contributed by atoms with Gasteiger partial charge < -0.3 is 53.6 Å². The zero-order valence-corrected chi connectivity index (χ0v) is 19.8. The van der Waals surface area contributed by atoms with Crippen LogP contribution in [0, 0.1) is 0 Å². The van der Waals surface area contributed by atoms with E-state index in [4.69, 9.17) is 33.2 Å². The zero-order valence-electron chi connectivity index (χ0n) is 19.8. The lowest BCUT2D eigenvalue weighted by Crippen LogP contribution is -2.66. The molecule has 4 aliphatic rings. The van der Waals surface area contributed by atoms with E-state index in [1.807, 2.05) is 60.7 Å². The van der Waals surface area contributed by atoms with E-state index in [1.165, 1.54) is 0 Å². The van der Waals surface area contributed by atoms with Crippen LogP contribution in [0.2, 0.25) is 0 Å². The van der Waals surface area contributed by atoms with Crippen LogP contribution < -0.4 is 0 Å². The molecule has 0 aliphatic carbocycles. The van der Waals surface area contributed by atoms with Crippen LogP contribution in [-0.4, -0.2) is 95.1 Å². The molecule has 2 aromatic rings. The summed E-state index contributed by atoms with van der Waals surface area (Å²) in [5, 5.41) is 43.1. The Balaban J connectivity index is 1.09. The molecule has 200 valence electrons. The molecule has 6 rings (SSSR count). The van der Waals surface area contributed by atoms with Crippen molar-refractivity contribution in [2.24, 2.45) is 0 Å². The first kappa shape index (κ1) is 25.3. The Morgan fingerprint density at radius 2 is 0.946 bits per heavy atom. The molecule has 0 spiro atoms. The summed E-state index contributed by atoms with van der Waals surface area (Å²) in [5.74, 6) is 0. The summed E-state index contributed by atoms with van der Waals surface area (Å²) in [6, 6.07) is 18.5. The third kappa shape index (κ3) is 4.93. The Kier molecular flexibility index (Phi) is 7.27. The summed E-state index contributed by atoms with van der Waals surface area (Å²) in [6.45, 7) is 0.162. The second kappa shape index (κ2) is 10.6. The summed E-state index contributed by atoms with van der Waals surface area (Å²) in [4.78, 5) is 0. The van der Waals surface area contributed by atoms with Gasteiger partial charge in [-0.25, -0.2) is 0 Å². The van der Waals surface area contributed by atoms with Crippen LogP contribution in [0.25, 0.3) is 0 Å². The highest BCUT2D eigenvalue weighted by atomic mass is 16.8. The number of hydrogen-bond acceptors (Lipinski definition) is 11. The van der Waals surface area contributed by atoms with Gasteiger partial charge in [0, 0.05) is 11.1 Å². The summed E-state index contributed by atoms with van der Waals surface area (Å²) < 4.78 is 40.7. The van der Waals surface area contributed by atoms with Crippen LogP contribution in [0.4, 0.5) is 0 Å². The van der Waals surface area contributed by atoms with Crippen molar-refractivity contribution >= 4 is 0 Å². The zero-order chi connectivity index (χ0) is 25.5. The molecular weight excluding hydrogens is 488 g/mol. The topological polar surface area (TPSA) is 146 Å². The molecule has 4 saturated heterocycles. The first-order valence-corrected chi connectivity index (χ1v) is 12.3. The number of hydrogen-bond donors (Lipinski definition) is 4. The lowest BCUT2D eigenvalue weighted by atomic mass is 9.96. The van der Waals surface area contributed by atoms with E-state index in [0.29, 0.717) is 0 Å². The lowest BCUT2D eigenvalue weighted by molar-refractivity contribution is -0.412. The Bertz CT molecular complexity index is 940. The molecule has 0 saturated carbocycles. The minimum absolute atomic E-state index is 0.0812. The Hall–Kier alpha value is -2.00. The van der Waals surface area contributed by atoms with Crippen LogP contribution in [0.5, 0.6) is 0 Å². The maximum absolute atomic E-state index is 10.8. The molecule has 4 N–H and O–H groups in total. The molecule has 0 bridgehead atoms. The first-order valence-electron chi connectivity index (χ1n) is 12.3. The number of rotatable bonds is 4. The summed E-state index contributed by atoms with van der Waals surface area (Å²) >= 11 is 0. The second-order valence-electron chi connectivity index (χ2n) is 9.54. The fraction of sp³-hybridized carbons (Fsp3) is 0.538. The van der Waals surface area contributed by atoms with Crippen molar-refractivity contribution in [3.05, 3.63) is 71.8 Å². The summed E-state index contributed by atoms with van der Waals surface area (Å²) in [7, 11) is 0. The van der Waals surface area contributed by atoms with E-state index >= 15 is 0 Å². The van der Waals surface area contributed by atoms with E-state index in [1.54, 1.807) is 0 Å². The van der Waals surface area contributed by atoms with E-state index in [9.17, 15) is 20.4 Å². The normalized spacial score (nSPS) is 44.0. The van der Waals surface area contributed by atoms with Crippen molar-refractivity contribution in [2.45, 2.75) is 74.0 Å². The van der Waals surface area contributed by atoms with Gasteiger partial charge in [-0.3, -0.25) is 0 Å². The van der Waals surface area contributed by atoms with Crippen molar-refractivity contribution in [1.29, 1.82) is 0 Å². The van der Waals surface area contributed by atoms with Crippen molar-refractivity contribution < 1.29 is 53.6 Å². The molecule has 4 heterocycles. The highest BCUT2D eigenvalue weighted by Gasteiger charge is 2.53.